The lowest BCUT2D eigenvalue weighted by atomic mass is 9.99. The van der Waals surface area contributed by atoms with E-state index in [1.54, 1.807) is 30.3 Å². The number of amides is 1. The van der Waals surface area contributed by atoms with Crippen molar-refractivity contribution < 1.29 is 19.8 Å². The molecule has 1 aromatic heterocycles. The second kappa shape index (κ2) is 10.3. The molecule has 0 saturated carbocycles. The second-order valence-electron chi connectivity index (χ2n) is 9.43. The largest absolute Gasteiger partial charge is 0.508 e. The van der Waals surface area contributed by atoms with Crippen LogP contribution in [-0.2, 0) is 13.1 Å². The number of carboxylic acid groups (broad SMARTS) is 1. The molecule has 0 saturated heterocycles. The smallest absolute Gasteiger partial charge is 0.336 e. The second-order valence-corrected chi connectivity index (χ2v) is 9.43. The summed E-state index contributed by atoms with van der Waals surface area (Å²) < 4.78 is 2.24. The fourth-order valence-corrected chi connectivity index (χ4v) is 4.84. The molecule has 3 N–H and O–H groups in total. The van der Waals surface area contributed by atoms with Crippen molar-refractivity contribution in [2.75, 3.05) is 0 Å². The Morgan fingerprint density at radius 2 is 1.61 bits per heavy atom. The fraction of sp³-hybridized carbons (Fsp3) is 0.125. The van der Waals surface area contributed by atoms with E-state index in [9.17, 15) is 19.8 Å². The van der Waals surface area contributed by atoms with Crippen LogP contribution < -0.4 is 5.32 Å². The van der Waals surface area contributed by atoms with E-state index in [0.717, 1.165) is 38.9 Å². The maximum absolute atomic E-state index is 12.8. The van der Waals surface area contributed by atoms with Crippen molar-refractivity contribution in [1.82, 2.24) is 9.88 Å². The van der Waals surface area contributed by atoms with Crippen LogP contribution in [0.5, 0.6) is 5.75 Å². The molecule has 0 spiro atoms. The molecule has 6 heteroatoms. The predicted molar refractivity (Wildman–Crippen MR) is 149 cm³/mol. The number of hydrogen-bond donors (Lipinski definition) is 3. The van der Waals surface area contributed by atoms with Crippen molar-refractivity contribution in [1.29, 1.82) is 0 Å². The lowest BCUT2D eigenvalue weighted by Crippen LogP contribution is -2.22. The monoisotopic (exact) mass is 504 g/mol. The summed E-state index contributed by atoms with van der Waals surface area (Å²) in [5.74, 6) is -0.940. The van der Waals surface area contributed by atoms with E-state index >= 15 is 0 Å². The molecule has 0 fully saturated rings. The Hall–Kier alpha value is -4.84. The zero-order valence-corrected chi connectivity index (χ0v) is 21.2. The molecule has 5 rings (SSSR count). The van der Waals surface area contributed by atoms with Gasteiger partial charge in [0, 0.05) is 35.2 Å². The number of fused-ring (bicyclic) bond motifs is 1. The minimum absolute atomic E-state index is 0.169. The third kappa shape index (κ3) is 4.89. The molecule has 5 aromatic rings. The van der Waals surface area contributed by atoms with Crippen LogP contribution in [0.15, 0.2) is 91.0 Å². The van der Waals surface area contributed by atoms with Crippen molar-refractivity contribution >= 4 is 22.8 Å². The lowest BCUT2D eigenvalue weighted by molar-refractivity contribution is 0.0697. The number of nitrogens with zero attached hydrogens (tertiary/aromatic N) is 1. The van der Waals surface area contributed by atoms with E-state index in [1.807, 2.05) is 60.7 Å². The van der Waals surface area contributed by atoms with Gasteiger partial charge in [-0.3, -0.25) is 4.79 Å². The van der Waals surface area contributed by atoms with Crippen LogP contribution in [0.1, 0.15) is 43.1 Å². The first-order valence-corrected chi connectivity index (χ1v) is 12.4. The molecule has 1 amide bonds. The Bertz CT molecular complexity index is 1670. The molecule has 0 radical (unpaired) electrons. The van der Waals surface area contributed by atoms with Gasteiger partial charge < -0.3 is 20.1 Å². The summed E-state index contributed by atoms with van der Waals surface area (Å²) in [7, 11) is 0. The van der Waals surface area contributed by atoms with Crippen LogP contribution in [0.25, 0.3) is 22.0 Å². The molecule has 0 bridgehead atoms. The summed E-state index contributed by atoms with van der Waals surface area (Å²) in [6, 6.07) is 27.6. The van der Waals surface area contributed by atoms with Gasteiger partial charge in [0.05, 0.1) is 5.56 Å². The fourth-order valence-electron chi connectivity index (χ4n) is 4.84. The highest BCUT2D eigenvalue weighted by Crippen LogP contribution is 2.29. The van der Waals surface area contributed by atoms with Crippen molar-refractivity contribution in [3.63, 3.8) is 0 Å². The summed E-state index contributed by atoms with van der Waals surface area (Å²) in [4.78, 5) is 24.4. The van der Waals surface area contributed by atoms with Gasteiger partial charge in [0.1, 0.15) is 5.75 Å². The number of aromatic hydroxyl groups is 1. The van der Waals surface area contributed by atoms with Crippen molar-refractivity contribution in [3.05, 3.63) is 125 Å². The number of nitrogens with one attached hydrogen (secondary N) is 1. The minimum atomic E-state index is -0.943. The van der Waals surface area contributed by atoms with Crippen LogP contribution in [-0.4, -0.2) is 26.7 Å². The van der Waals surface area contributed by atoms with Crippen molar-refractivity contribution in [2.24, 2.45) is 0 Å². The number of phenols is 1. The number of benzene rings is 4. The number of rotatable bonds is 7. The zero-order valence-electron chi connectivity index (χ0n) is 21.2. The number of aryl methyl sites for hydroxylation is 1. The van der Waals surface area contributed by atoms with Gasteiger partial charge in [0.2, 0.25) is 0 Å². The number of aromatic carboxylic acids is 1. The summed E-state index contributed by atoms with van der Waals surface area (Å²) in [6.07, 6.45) is 0. The number of carbonyl (C=O) groups excluding carboxylic acids is 1. The number of carboxylic acids is 1. The molecule has 4 aromatic carbocycles. The molecule has 38 heavy (non-hydrogen) atoms. The summed E-state index contributed by atoms with van der Waals surface area (Å²) in [5.41, 5.74) is 7.63. The van der Waals surface area contributed by atoms with Gasteiger partial charge in [-0.2, -0.15) is 0 Å². The molecular formula is C32H28N2O4. The Morgan fingerprint density at radius 1 is 0.842 bits per heavy atom. The van der Waals surface area contributed by atoms with Crippen molar-refractivity contribution in [3.8, 4) is 16.9 Å². The third-order valence-electron chi connectivity index (χ3n) is 7.03. The predicted octanol–water partition coefficient (Wildman–Crippen LogP) is 6.31. The molecule has 6 nitrogen and oxygen atoms in total. The van der Waals surface area contributed by atoms with E-state index in [1.165, 1.54) is 0 Å². The topological polar surface area (TPSA) is 91.6 Å². The van der Waals surface area contributed by atoms with E-state index in [0.29, 0.717) is 24.2 Å². The first-order valence-electron chi connectivity index (χ1n) is 12.4. The normalized spacial score (nSPS) is 11.0. The quantitative estimate of drug-likeness (QED) is 0.242. The number of carbonyl (C=O) groups is 2. The zero-order chi connectivity index (χ0) is 26.8. The van der Waals surface area contributed by atoms with Crippen molar-refractivity contribution in [2.45, 2.75) is 26.9 Å². The highest BCUT2D eigenvalue weighted by atomic mass is 16.4. The number of aromatic nitrogens is 1. The third-order valence-corrected chi connectivity index (χ3v) is 7.03. The van der Waals surface area contributed by atoms with E-state index in [4.69, 9.17) is 0 Å². The average Bonchev–Trinajstić information content (AvgIpc) is 3.16. The van der Waals surface area contributed by atoms with Gasteiger partial charge in [-0.1, -0.05) is 54.6 Å². The summed E-state index contributed by atoms with van der Waals surface area (Å²) in [5, 5.41) is 23.1. The van der Waals surface area contributed by atoms with Crippen LogP contribution in [0, 0.1) is 13.8 Å². The maximum atomic E-state index is 12.8. The van der Waals surface area contributed by atoms with Crippen LogP contribution in [0.3, 0.4) is 0 Å². The first-order chi connectivity index (χ1) is 18.3. The first kappa shape index (κ1) is 24.8. The van der Waals surface area contributed by atoms with E-state index in [-0.39, 0.29) is 17.2 Å². The van der Waals surface area contributed by atoms with Crippen LogP contribution in [0.4, 0.5) is 0 Å². The highest BCUT2D eigenvalue weighted by Gasteiger charge is 2.15. The van der Waals surface area contributed by atoms with Crippen LogP contribution >= 0.6 is 0 Å². The van der Waals surface area contributed by atoms with E-state index in [2.05, 4.69) is 23.7 Å². The average molecular weight is 505 g/mol. The highest BCUT2D eigenvalue weighted by molar-refractivity contribution is 5.99. The molecule has 190 valence electrons. The SMILES string of the molecule is Cc1c(C)n(Cc2ccc(-c3ccccc3C(=O)O)cc2)c2ccc(C(=O)NCc3cccc(O)c3)cc12. The maximum Gasteiger partial charge on any atom is 0.336 e. The number of hydrogen-bond acceptors (Lipinski definition) is 3. The minimum Gasteiger partial charge on any atom is -0.508 e. The Balaban J connectivity index is 1.37. The Labute approximate surface area is 220 Å². The molecule has 1 heterocycles. The van der Waals surface area contributed by atoms with E-state index < -0.39 is 5.97 Å². The summed E-state index contributed by atoms with van der Waals surface area (Å²) in [6.45, 7) is 5.13. The Kier molecular flexibility index (Phi) is 6.71. The molecule has 0 aliphatic rings. The Morgan fingerprint density at radius 3 is 2.34 bits per heavy atom. The van der Waals surface area contributed by atoms with Gasteiger partial charge in [0.15, 0.2) is 0 Å². The molecular weight excluding hydrogens is 476 g/mol. The molecule has 0 unspecified atom stereocenters. The van der Waals surface area contributed by atoms with Gasteiger partial charge in [0.25, 0.3) is 5.91 Å². The van der Waals surface area contributed by atoms with Gasteiger partial charge in [-0.25, -0.2) is 4.79 Å². The molecule has 0 aliphatic heterocycles. The van der Waals surface area contributed by atoms with Gasteiger partial charge >= 0.3 is 5.97 Å². The molecule has 0 aliphatic carbocycles. The van der Waals surface area contributed by atoms with Crippen LogP contribution in [0.2, 0.25) is 0 Å². The number of phenolic OH excluding ortho intramolecular Hbond substituents is 1. The standard InChI is InChI=1S/C32H28N2O4/c1-20-21(2)34(19-22-10-12-24(13-11-22)27-8-3-4-9-28(27)32(37)38)30-15-14-25(17-29(20)30)31(36)33-18-23-6-5-7-26(35)16-23/h3-17,35H,18-19H2,1-2H3,(H,33,36)(H,37,38). The molecule has 0 atom stereocenters. The summed E-state index contributed by atoms with van der Waals surface area (Å²) >= 11 is 0. The van der Waals surface area contributed by atoms with Gasteiger partial charge in [-0.15, -0.1) is 0 Å². The lowest BCUT2D eigenvalue weighted by Gasteiger charge is -2.11. The van der Waals surface area contributed by atoms with Gasteiger partial charge in [-0.05, 0) is 78.1 Å².